The number of imidazole rings is 1. The molecule has 3 aromatic rings. The Bertz CT molecular complexity index is 902. The van der Waals surface area contributed by atoms with Gasteiger partial charge >= 0.3 is 5.69 Å². The van der Waals surface area contributed by atoms with E-state index in [0.29, 0.717) is 35.2 Å². The van der Waals surface area contributed by atoms with Crippen LogP contribution < -0.4 is 11.4 Å². The van der Waals surface area contributed by atoms with Crippen LogP contribution in [0.2, 0.25) is 0 Å². The normalized spacial score (nSPS) is 10.8. The number of nitrogens with one attached hydrogen (secondary N) is 1. The van der Waals surface area contributed by atoms with E-state index in [1.807, 2.05) is 24.3 Å². The molecule has 0 aliphatic rings. The number of fused-ring (bicyclic) bond motifs is 1. The first kappa shape index (κ1) is 19.3. The zero-order valence-electron chi connectivity index (χ0n) is 14.0. The summed E-state index contributed by atoms with van der Waals surface area (Å²) < 4.78 is 1.60. The predicted octanol–water partition coefficient (Wildman–Crippen LogP) is 3.25. The quantitative estimate of drug-likeness (QED) is 0.641. The summed E-state index contributed by atoms with van der Waals surface area (Å²) in [5.74, 6) is 1.46. The van der Waals surface area contributed by atoms with Gasteiger partial charge in [-0.15, -0.1) is 24.0 Å². The largest absolute Gasteiger partial charge is 0.382 e. The number of aromatic nitrogens is 4. The Morgan fingerprint density at radius 3 is 2.52 bits per heavy atom. The highest BCUT2D eigenvalue weighted by molar-refractivity contribution is 6.17. The van der Waals surface area contributed by atoms with E-state index in [9.17, 15) is 4.79 Å². The molecule has 0 bridgehead atoms. The summed E-state index contributed by atoms with van der Waals surface area (Å²) in [6, 6.07) is 7.84. The van der Waals surface area contributed by atoms with Gasteiger partial charge in [0.1, 0.15) is 11.3 Å². The summed E-state index contributed by atoms with van der Waals surface area (Å²) in [6.45, 7) is 2.53. The Morgan fingerprint density at radius 1 is 1.20 bits per heavy atom. The van der Waals surface area contributed by atoms with Crippen LogP contribution in [0.1, 0.15) is 36.7 Å². The fraction of sp³-hybridized carbons (Fsp3) is 0.353. The van der Waals surface area contributed by atoms with Gasteiger partial charge in [0.05, 0.1) is 6.54 Å². The van der Waals surface area contributed by atoms with Crippen molar-refractivity contribution in [1.29, 1.82) is 0 Å². The van der Waals surface area contributed by atoms with Crippen molar-refractivity contribution in [1.82, 2.24) is 19.5 Å². The summed E-state index contributed by atoms with van der Waals surface area (Å²) in [5, 5.41) is 0. The lowest BCUT2D eigenvalue weighted by Gasteiger charge is -2.06. The molecule has 0 aliphatic carbocycles. The SMILES string of the molecule is CCCCc1nc(N)c2[nH]c(=O)n(Cc3ccc(CCl)cc3)c2n1.Cl. The summed E-state index contributed by atoms with van der Waals surface area (Å²) in [5.41, 5.74) is 8.85. The number of hydrogen-bond donors (Lipinski definition) is 2. The highest BCUT2D eigenvalue weighted by Gasteiger charge is 2.14. The van der Waals surface area contributed by atoms with E-state index in [2.05, 4.69) is 21.9 Å². The van der Waals surface area contributed by atoms with Crippen molar-refractivity contribution >= 4 is 41.0 Å². The number of hydrogen-bond acceptors (Lipinski definition) is 4. The summed E-state index contributed by atoms with van der Waals surface area (Å²) >= 11 is 5.81. The van der Waals surface area contributed by atoms with E-state index < -0.39 is 0 Å². The van der Waals surface area contributed by atoms with E-state index in [4.69, 9.17) is 17.3 Å². The molecule has 3 N–H and O–H groups in total. The maximum absolute atomic E-state index is 12.3. The minimum absolute atomic E-state index is 0. The summed E-state index contributed by atoms with van der Waals surface area (Å²) in [7, 11) is 0. The molecule has 25 heavy (non-hydrogen) atoms. The van der Waals surface area contributed by atoms with Crippen LogP contribution in [0.15, 0.2) is 29.1 Å². The molecule has 2 aromatic heterocycles. The molecule has 0 spiro atoms. The first-order valence-corrected chi connectivity index (χ1v) is 8.54. The molecule has 0 fully saturated rings. The predicted molar refractivity (Wildman–Crippen MR) is 104 cm³/mol. The lowest BCUT2D eigenvalue weighted by molar-refractivity contribution is 0.743. The highest BCUT2D eigenvalue weighted by Crippen LogP contribution is 2.17. The highest BCUT2D eigenvalue weighted by atomic mass is 35.5. The topological polar surface area (TPSA) is 89.6 Å². The third-order valence-corrected chi connectivity index (χ3v) is 4.28. The second kappa shape index (κ2) is 8.36. The van der Waals surface area contributed by atoms with Crippen LogP contribution in [0.4, 0.5) is 5.82 Å². The number of H-pyrrole nitrogens is 1. The standard InChI is InChI=1S/C17H20ClN5O.ClH/c1-2-3-4-13-20-15(19)14-16(21-13)23(17(24)22-14)10-12-7-5-11(9-18)6-8-12;/h5-8H,2-4,9-10H2,1H3,(H,22,24)(H2,19,20,21);1H. The van der Waals surface area contributed by atoms with Crippen LogP contribution in [-0.2, 0) is 18.8 Å². The van der Waals surface area contributed by atoms with Gasteiger partial charge in [0.15, 0.2) is 11.5 Å². The number of unbranched alkanes of at least 4 members (excludes halogenated alkanes) is 1. The van der Waals surface area contributed by atoms with Gasteiger partial charge in [-0.05, 0) is 17.5 Å². The Hall–Kier alpha value is -2.05. The van der Waals surface area contributed by atoms with E-state index in [1.54, 1.807) is 4.57 Å². The van der Waals surface area contributed by atoms with Gasteiger partial charge in [-0.2, -0.15) is 0 Å². The third kappa shape index (κ3) is 4.14. The first-order chi connectivity index (χ1) is 11.6. The number of benzene rings is 1. The molecule has 6 nitrogen and oxygen atoms in total. The molecule has 0 unspecified atom stereocenters. The molecule has 1 aromatic carbocycles. The minimum Gasteiger partial charge on any atom is -0.382 e. The van der Waals surface area contributed by atoms with Gasteiger partial charge < -0.3 is 10.7 Å². The third-order valence-electron chi connectivity index (χ3n) is 3.97. The molecule has 134 valence electrons. The van der Waals surface area contributed by atoms with Crippen LogP contribution in [0.5, 0.6) is 0 Å². The van der Waals surface area contributed by atoms with Gasteiger partial charge in [0, 0.05) is 12.3 Å². The average Bonchev–Trinajstić information content (AvgIpc) is 2.90. The Labute approximate surface area is 156 Å². The molecular formula is C17H21Cl2N5O. The van der Waals surface area contributed by atoms with Crippen molar-refractivity contribution in [3.05, 3.63) is 51.7 Å². The summed E-state index contributed by atoms with van der Waals surface area (Å²) in [4.78, 5) is 23.9. The zero-order chi connectivity index (χ0) is 17.1. The molecule has 0 saturated heterocycles. The molecule has 0 atom stereocenters. The number of rotatable bonds is 6. The Balaban J connectivity index is 0.00000225. The number of nitrogens with zero attached hydrogens (tertiary/aromatic N) is 3. The number of aryl methyl sites for hydroxylation is 1. The maximum Gasteiger partial charge on any atom is 0.328 e. The van der Waals surface area contributed by atoms with Crippen molar-refractivity contribution in [3.8, 4) is 0 Å². The van der Waals surface area contributed by atoms with Crippen molar-refractivity contribution in [2.75, 3.05) is 5.73 Å². The van der Waals surface area contributed by atoms with Gasteiger partial charge in [-0.1, -0.05) is 37.6 Å². The van der Waals surface area contributed by atoms with Crippen LogP contribution in [0.25, 0.3) is 11.2 Å². The Morgan fingerprint density at radius 2 is 1.88 bits per heavy atom. The van der Waals surface area contributed by atoms with Crippen LogP contribution in [-0.4, -0.2) is 19.5 Å². The molecule has 3 rings (SSSR count). The van der Waals surface area contributed by atoms with Gasteiger partial charge in [-0.3, -0.25) is 4.57 Å². The van der Waals surface area contributed by atoms with Crippen LogP contribution in [0, 0.1) is 0 Å². The van der Waals surface area contributed by atoms with Crippen LogP contribution in [0.3, 0.4) is 0 Å². The minimum atomic E-state index is -0.236. The zero-order valence-corrected chi connectivity index (χ0v) is 15.5. The number of nitrogens with two attached hydrogens (primary N) is 1. The van der Waals surface area contributed by atoms with Gasteiger partial charge in [0.25, 0.3) is 0 Å². The number of anilines is 1. The molecule has 0 saturated carbocycles. The van der Waals surface area contributed by atoms with Crippen molar-refractivity contribution < 1.29 is 0 Å². The average molecular weight is 382 g/mol. The molecule has 0 radical (unpaired) electrons. The van der Waals surface area contributed by atoms with Gasteiger partial charge in [0.2, 0.25) is 0 Å². The molecule has 2 heterocycles. The second-order valence-electron chi connectivity index (χ2n) is 5.79. The number of nitrogen functional groups attached to an aromatic ring is 1. The number of alkyl halides is 1. The lowest BCUT2D eigenvalue weighted by Crippen LogP contribution is -2.18. The first-order valence-electron chi connectivity index (χ1n) is 8.01. The van der Waals surface area contributed by atoms with E-state index in [0.717, 1.165) is 30.4 Å². The smallest absolute Gasteiger partial charge is 0.328 e. The maximum atomic E-state index is 12.3. The molecule has 0 aliphatic heterocycles. The monoisotopic (exact) mass is 381 g/mol. The fourth-order valence-electron chi connectivity index (χ4n) is 2.61. The van der Waals surface area contributed by atoms with E-state index in [-0.39, 0.29) is 18.1 Å². The number of aromatic amines is 1. The molecule has 8 heteroatoms. The van der Waals surface area contributed by atoms with Crippen molar-refractivity contribution in [3.63, 3.8) is 0 Å². The second-order valence-corrected chi connectivity index (χ2v) is 6.06. The van der Waals surface area contributed by atoms with Crippen LogP contribution >= 0.6 is 24.0 Å². The fourth-order valence-corrected chi connectivity index (χ4v) is 2.79. The Kier molecular flexibility index (Phi) is 6.45. The molecular weight excluding hydrogens is 361 g/mol. The van der Waals surface area contributed by atoms with Gasteiger partial charge in [-0.25, -0.2) is 14.8 Å². The van der Waals surface area contributed by atoms with Crippen molar-refractivity contribution in [2.24, 2.45) is 0 Å². The molecule has 0 amide bonds. The lowest BCUT2D eigenvalue weighted by atomic mass is 10.1. The summed E-state index contributed by atoms with van der Waals surface area (Å²) in [6.07, 6.45) is 2.79. The van der Waals surface area contributed by atoms with E-state index >= 15 is 0 Å². The number of halogens is 2. The van der Waals surface area contributed by atoms with E-state index in [1.165, 1.54) is 0 Å². The van der Waals surface area contributed by atoms with Crippen molar-refractivity contribution in [2.45, 2.75) is 38.6 Å².